The van der Waals surface area contributed by atoms with E-state index in [0.29, 0.717) is 17.2 Å². The fourth-order valence-electron chi connectivity index (χ4n) is 2.65. The Balaban J connectivity index is 1.62. The maximum atomic E-state index is 12.5. The average molecular weight is 457 g/mol. The minimum Gasteiger partial charge on any atom is -0.457 e. The van der Waals surface area contributed by atoms with Crippen molar-refractivity contribution >= 4 is 23.6 Å². The number of para-hydroxylation sites is 1. The van der Waals surface area contributed by atoms with Crippen molar-refractivity contribution in [1.29, 1.82) is 0 Å². The number of pyridine rings is 1. The van der Waals surface area contributed by atoms with Gasteiger partial charge < -0.3 is 20.1 Å². The number of benzene rings is 2. The summed E-state index contributed by atoms with van der Waals surface area (Å²) in [7, 11) is 1.49. The Bertz CT molecular complexity index is 1160. The number of nitrogens with one attached hydrogen (secondary N) is 2. The van der Waals surface area contributed by atoms with Crippen LogP contribution in [0, 0.1) is 0 Å². The maximum Gasteiger partial charge on any atom is 0.573 e. The molecule has 0 aliphatic rings. The molecule has 170 valence electrons. The second-order valence-corrected chi connectivity index (χ2v) is 6.49. The van der Waals surface area contributed by atoms with Crippen molar-refractivity contribution in [2.24, 2.45) is 0 Å². The van der Waals surface area contributed by atoms with E-state index in [1.54, 1.807) is 30.3 Å². The number of carbonyl (C=O) groups is 2. The average Bonchev–Trinajstić information content (AvgIpc) is 2.78. The van der Waals surface area contributed by atoms with E-state index in [2.05, 4.69) is 20.4 Å². The highest BCUT2D eigenvalue weighted by atomic mass is 19.4. The first kappa shape index (κ1) is 23.3. The largest absolute Gasteiger partial charge is 0.573 e. The Morgan fingerprint density at radius 2 is 1.73 bits per heavy atom. The van der Waals surface area contributed by atoms with Gasteiger partial charge in [-0.1, -0.05) is 18.2 Å². The number of nitrogens with zero attached hydrogens (tertiary/aromatic N) is 1. The van der Waals surface area contributed by atoms with Crippen LogP contribution in [0.25, 0.3) is 6.08 Å². The molecule has 0 spiro atoms. The zero-order valence-electron chi connectivity index (χ0n) is 17.2. The summed E-state index contributed by atoms with van der Waals surface area (Å²) in [5.41, 5.74) is 0.743. The highest BCUT2D eigenvalue weighted by molar-refractivity contribution is 6.02. The fourth-order valence-corrected chi connectivity index (χ4v) is 2.65. The van der Waals surface area contributed by atoms with Crippen molar-refractivity contribution in [1.82, 2.24) is 10.3 Å². The zero-order valence-corrected chi connectivity index (χ0v) is 17.2. The van der Waals surface area contributed by atoms with E-state index in [1.165, 1.54) is 43.6 Å². The number of halogens is 3. The van der Waals surface area contributed by atoms with E-state index in [9.17, 15) is 22.8 Å². The number of rotatable bonds is 7. The molecule has 0 atom stereocenters. The molecule has 3 aromatic rings. The Labute approximate surface area is 186 Å². The fraction of sp³-hybridized carbons (Fsp3) is 0.0870. The second kappa shape index (κ2) is 10.3. The maximum absolute atomic E-state index is 12.5. The molecule has 3 rings (SSSR count). The molecule has 10 heteroatoms. The van der Waals surface area contributed by atoms with Crippen molar-refractivity contribution < 1.29 is 32.2 Å². The lowest BCUT2D eigenvalue weighted by atomic mass is 10.2. The summed E-state index contributed by atoms with van der Waals surface area (Å²) in [6, 6.07) is 14.9. The molecule has 0 saturated heterocycles. The molecule has 0 aliphatic carbocycles. The topological polar surface area (TPSA) is 89.6 Å². The highest BCUT2D eigenvalue weighted by Gasteiger charge is 2.31. The summed E-state index contributed by atoms with van der Waals surface area (Å²) in [6.45, 7) is 0. The molecule has 1 aromatic heterocycles. The number of aromatic nitrogens is 1. The third kappa shape index (κ3) is 7.10. The smallest absolute Gasteiger partial charge is 0.457 e. The second-order valence-electron chi connectivity index (χ2n) is 6.49. The van der Waals surface area contributed by atoms with Crippen molar-refractivity contribution in [2.75, 3.05) is 12.4 Å². The van der Waals surface area contributed by atoms with E-state index < -0.39 is 18.0 Å². The van der Waals surface area contributed by atoms with Gasteiger partial charge in [-0.2, -0.15) is 0 Å². The summed E-state index contributed by atoms with van der Waals surface area (Å²) in [4.78, 5) is 27.8. The van der Waals surface area contributed by atoms with E-state index in [-0.39, 0.29) is 17.2 Å². The quantitative estimate of drug-likeness (QED) is 0.499. The molecule has 1 heterocycles. The first-order valence-corrected chi connectivity index (χ1v) is 9.53. The lowest BCUT2D eigenvalue weighted by molar-refractivity contribution is -0.274. The van der Waals surface area contributed by atoms with E-state index >= 15 is 0 Å². The summed E-state index contributed by atoms with van der Waals surface area (Å²) < 4.78 is 47.1. The Morgan fingerprint density at radius 1 is 1.00 bits per heavy atom. The minimum absolute atomic E-state index is 0.0993. The van der Waals surface area contributed by atoms with Gasteiger partial charge >= 0.3 is 6.36 Å². The van der Waals surface area contributed by atoms with Gasteiger partial charge in [0.15, 0.2) is 0 Å². The molecule has 2 amide bonds. The minimum atomic E-state index is -4.84. The van der Waals surface area contributed by atoms with Gasteiger partial charge in [0, 0.05) is 36.6 Å². The van der Waals surface area contributed by atoms with E-state index in [0.717, 1.165) is 12.1 Å². The van der Waals surface area contributed by atoms with Crippen LogP contribution in [0.1, 0.15) is 16.1 Å². The van der Waals surface area contributed by atoms with Crippen molar-refractivity contribution in [3.05, 3.63) is 84.2 Å². The Kier molecular flexibility index (Phi) is 7.29. The molecule has 2 N–H and O–H groups in total. The van der Waals surface area contributed by atoms with Crippen molar-refractivity contribution in [2.45, 2.75) is 6.36 Å². The molecule has 0 radical (unpaired) electrons. The molecule has 0 unspecified atom stereocenters. The third-order valence-corrected chi connectivity index (χ3v) is 4.11. The molecule has 7 nitrogen and oxygen atoms in total. The molecular weight excluding hydrogens is 439 g/mol. The van der Waals surface area contributed by atoms with Gasteiger partial charge in [-0.15, -0.1) is 13.2 Å². The SMILES string of the molecule is CNC(=O)c1cc(Oc2ccc(NC(=O)/C=C/c3ccccc3OC(F)(F)F)cc2)ccn1. The van der Waals surface area contributed by atoms with Crippen LogP contribution in [-0.2, 0) is 4.79 Å². The van der Waals surface area contributed by atoms with Crippen LogP contribution in [0.5, 0.6) is 17.2 Å². The first-order chi connectivity index (χ1) is 15.7. The predicted molar refractivity (Wildman–Crippen MR) is 115 cm³/mol. The third-order valence-electron chi connectivity index (χ3n) is 4.11. The number of hydrogen-bond donors (Lipinski definition) is 2. The number of amides is 2. The molecule has 0 saturated carbocycles. The summed E-state index contributed by atoms with van der Waals surface area (Å²) in [6.07, 6.45) is -1.07. The van der Waals surface area contributed by atoms with Crippen LogP contribution in [0.2, 0.25) is 0 Å². The van der Waals surface area contributed by atoms with E-state index in [4.69, 9.17) is 4.74 Å². The standard InChI is InChI=1S/C23H18F3N3O4/c1-27-22(31)19-14-18(12-13-28-19)32-17-9-7-16(8-10-17)29-21(30)11-6-15-4-2-3-5-20(15)33-23(24,25)26/h2-14H,1H3,(H,27,31)(H,29,30)/b11-6+. The van der Waals surface area contributed by atoms with Crippen LogP contribution in [0.4, 0.5) is 18.9 Å². The molecule has 0 fully saturated rings. The lowest BCUT2D eigenvalue weighted by Gasteiger charge is -2.11. The molecular formula is C23H18F3N3O4. The summed E-state index contributed by atoms with van der Waals surface area (Å²) >= 11 is 0. The number of carbonyl (C=O) groups excluding carboxylic acids is 2. The van der Waals surface area contributed by atoms with Crippen LogP contribution in [0.3, 0.4) is 0 Å². The van der Waals surface area contributed by atoms with Gasteiger partial charge in [0.25, 0.3) is 5.91 Å². The molecule has 0 aliphatic heterocycles. The molecule has 33 heavy (non-hydrogen) atoms. The number of ether oxygens (including phenoxy) is 2. The van der Waals surface area contributed by atoms with Crippen LogP contribution < -0.4 is 20.1 Å². The van der Waals surface area contributed by atoms with Gasteiger partial charge in [-0.25, -0.2) is 0 Å². The number of hydrogen-bond acceptors (Lipinski definition) is 5. The van der Waals surface area contributed by atoms with Gasteiger partial charge in [0.2, 0.25) is 5.91 Å². The van der Waals surface area contributed by atoms with Crippen LogP contribution in [-0.4, -0.2) is 30.2 Å². The first-order valence-electron chi connectivity index (χ1n) is 9.53. The number of anilines is 1. The number of alkyl halides is 3. The summed E-state index contributed by atoms with van der Waals surface area (Å²) in [5, 5.41) is 5.07. The van der Waals surface area contributed by atoms with Crippen LogP contribution >= 0.6 is 0 Å². The molecule has 0 bridgehead atoms. The zero-order chi connectivity index (χ0) is 23.8. The monoisotopic (exact) mass is 457 g/mol. The Morgan fingerprint density at radius 3 is 2.42 bits per heavy atom. The van der Waals surface area contributed by atoms with Gasteiger partial charge in [-0.05, 0) is 42.5 Å². The van der Waals surface area contributed by atoms with Gasteiger partial charge in [0.1, 0.15) is 22.9 Å². The molecule has 2 aromatic carbocycles. The van der Waals surface area contributed by atoms with Gasteiger partial charge in [0.05, 0.1) is 0 Å². The van der Waals surface area contributed by atoms with Crippen molar-refractivity contribution in [3.63, 3.8) is 0 Å². The van der Waals surface area contributed by atoms with Crippen molar-refractivity contribution in [3.8, 4) is 17.2 Å². The normalized spacial score (nSPS) is 11.2. The van der Waals surface area contributed by atoms with E-state index in [1.807, 2.05) is 0 Å². The lowest BCUT2D eigenvalue weighted by Crippen LogP contribution is -2.18. The summed E-state index contributed by atoms with van der Waals surface area (Å²) in [5.74, 6) is -0.445. The predicted octanol–water partition coefficient (Wildman–Crippen LogP) is 4.78. The van der Waals surface area contributed by atoms with Crippen LogP contribution in [0.15, 0.2) is 72.9 Å². The van der Waals surface area contributed by atoms with Gasteiger partial charge in [-0.3, -0.25) is 14.6 Å². The highest BCUT2D eigenvalue weighted by Crippen LogP contribution is 2.27. The Hall–Kier alpha value is -4.34.